The topological polar surface area (TPSA) is 85.3 Å². The van der Waals surface area contributed by atoms with E-state index in [9.17, 15) is 9.59 Å². The van der Waals surface area contributed by atoms with E-state index in [0.717, 1.165) is 0 Å². The molecule has 7 nitrogen and oxygen atoms in total. The molecule has 0 aromatic rings. The van der Waals surface area contributed by atoms with Crippen molar-refractivity contribution in [1.29, 1.82) is 0 Å². The van der Waals surface area contributed by atoms with Crippen LogP contribution in [-0.2, 0) is 23.8 Å². The molecule has 2 saturated heterocycles. The molecule has 2 rings (SSSR count). The highest BCUT2D eigenvalue weighted by Crippen LogP contribution is 2.10. The second kappa shape index (κ2) is 5.44. The average molecular weight is 245 g/mol. The number of ether oxygens (including phenoxy) is 3. The average Bonchev–Trinajstić information content (AvgIpc) is 2.39. The van der Waals surface area contributed by atoms with Crippen LogP contribution in [0, 0.1) is 0 Å². The van der Waals surface area contributed by atoms with Gasteiger partial charge >= 0.3 is 5.97 Å². The van der Waals surface area contributed by atoms with Crippen molar-refractivity contribution >= 4 is 11.9 Å². The molecular weight excluding hydrogens is 230 g/mol. The van der Waals surface area contributed by atoms with Gasteiger partial charge in [0, 0.05) is 6.54 Å². The lowest BCUT2D eigenvalue weighted by atomic mass is 10.2. The van der Waals surface area contributed by atoms with Crippen LogP contribution in [0.25, 0.3) is 0 Å². The predicted octanol–water partition coefficient (Wildman–Crippen LogP) is -1.29. The van der Waals surface area contributed by atoms with Crippen LogP contribution in [0.3, 0.4) is 0 Å². The van der Waals surface area contributed by atoms with Gasteiger partial charge in [0.25, 0.3) is 5.91 Å². The van der Waals surface area contributed by atoms with Gasteiger partial charge in [-0.05, 0) is 0 Å². The molecule has 2 aliphatic rings. The third-order valence-corrected chi connectivity index (χ3v) is 2.74. The van der Waals surface area contributed by atoms with Crippen molar-refractivity contribution in [3.63, 3.8) is 0 Å². The Balaban J connectivity index is 1.91. The fourth-order valence-corrected chi connectivity index (χ4v) is 1.83. The Hall–Kier alpha value is -1.18. The molecule has 0 radical (unpaired) electrons. The maximum Gasteiger partial charge on any atom is 0.334 e. The lowest BCUT2D eigenvalue weighted by molar-refractivity contribution is -0.170. The molecule has 2 atom stereocenters. The Morgan fingerprint density at radius 1 is 1.12 bits per heavy atom. The summed E-state index contributed by atoms with van der Waals surface area (Å²) >= 11 is 0. The summed E-state index contributed by atoms with van der Waals surface area (Å²) in [5, 5.41) is 8.83. The molecule has 0 bridgehead atoms. The van der Waals surface area contributed by atoms with E-state index < -0.39 is 18.2 Å². The Morgan fingerprint density at radius 2 is 1.88 bits per heavy atom. The highest BCUT2D eigenvalue weighted by molar-refractivity contribution is 5.82. The van der Waals surface area contributed by atoms with E-state index in [1.165, 1.54) is 4.90 Å². The monoisotopic (exact) mass is 245 g/mol. The smallest absolute Gasteiger partial charge is 0.334 e. The van der Waals surface area contributed by atoms with Gasteiger partial charge in [0.2, 0.25) is 0 Å². The van der Waals surface area contributed by atoms with E-state index in [4.69, 9.17) is 19.3 Å². The van der Waals surface area contributed by atoms with E-state index in [1.807, 2.05) is 0 Å². The molecule has 0 aliphatic carbocycles. The van der Waals surface area contributed by atoms with Crippen LogP contribution < -0.4 is 0 Å². The highest BCUT2D eigenvalue weighted by atomic mass is 16.6. The Kier molecular flexibility index (Phi) is 3.93. The van der Waals surface area contributed by atoms with Gasteiger partial charge in [-0.1, -0.05) is 0 Å². The molecule has 2 heterocycles. The summed E-state index contributed by atoms with van der Waals surface area (Å²) in [5.74, 6) is -1.28. The number of nitrogens with zero attached hydrogens (tertiary/aromatic N) is 1. The fraction of sp³-hybridized carbons (Fsp3) is 0.800. The minimum Gasteiger partial charge on any atom is -0.479 e. The van der Waals surface area contributed by atoms with E-state index in [1.54, 1.807) is 0 Å². The molecule has 0 saturated carbocycles. The summed E-state index contributed by atoms with van der Waals surface area (Å²) in [6, 6.07) is 0. The van der Waals surface area contributed by atoms with Crippen molar-refractivity contribution in [2.24, 2.45) is 0 Å². The van der Waals surface area contributed by atoms with E-state index >= 15 is 0 Å². The summed E-state index contributed by atoms with van der Waals surface area (Å²) < 4.78 is 15.5. The van der Waals surface area contributed by atoms with Gasteiger partial charge in [0.05, 0.1) is 33.0 Å². The maximum absolute atomic E-state index is 12.0. The number of carboxylic acids is 1. The standard InChI is InChI=1S/C10H15NO6/c12-9(8-6-15-3-4-17-8)11-1-2-16-7(5-11)10(13)14/h7-8H,1-6H2,(H,13,14). The number of rotatable bonds is 2. The van der Waals surface area contributed by atoms with Crippen LogP contribution in [0.4, 0.5) is 0 Å². The van der Waals surface area contributed by atoms with Gasteiger partial charge in [-0.15, -0.1) is 0 Å². The summed E-state index contributed by atoms with van der Waals surface area (Å²) in [6.45, 7) is 1.80. The Labute approximate surface area is 98.2 Å². The predicted molar refractivity (Wildman–Crippen MR) is 54.5 cm³/mol. The number of carbonyl (C=O) groups excluding carboxylic acids is 1. The minimum atomic E-state index is -1.05. The first-order valence-corrected chi connectivity index (χ1v) is 5.51. The molecule has 96 valence electrons. The van der Waals surface area contributed by atoms with Crippen LogP contribution in [0.15, 0.2) is 0 Å². The zero-order valence-corrected chi connectivity index (χ0v) is 9.33. The number of aliphatic carboxylic acids is 1. The molecule has 2 fully saturated rings. The second-order valence-corrected chi connectivity index (χ2v) is 3.92. The van der Waals surface area contributed by atoms with Gasteiger partial charge < -0.3 is 24.2 Å². The van der Waals surface area contributed by atoms with Crippen molar-refractivity contribution in [3.05, 3.63) is 0 Å². The van der Waals surface area contributed by atoms with E-state index in [2.05, 4.69) is 0 Å². The van der Waals surface area contributed by atoms with Gasteiger partial charge in [-0.3, -0.25) is 4.79 Å². The first-order chi connectivity index (χ1) is 8.18. The van der Waals surface area contributed by atoms with Crippen LogP contribution >= 0.6 is 0 Å². The summed E-state index contributed by atoms with van der Waals surface area (Å²) in [6.07, 6.45) is -1.56. The van der Waals surface area contributed by atoms with Crippen molar-refractivity contribution in [2.45, 2.75) is 12.2 Å². The van der Waals surface area contributed by atoms with Gasteiger partial charge in [0.1, 0.15) is 0 Å². The number of amides is 1. The largest absolute Gasteiger partial charge is 0.479 e. The number of morpholine rings is 1. The summed E-state index contributed by atoms with van der Waals surface area (Å²) in [4.78, 5) is 24.2. The van der Waals surface area contributed by atoms with Crippen molar-refractivity contribution in [1.82, 2.24) is 4.90 Å². The van der Waals surface area contributed by atoms with Gasteiger partial charge in [0.15, 0.2) is 12.2 Å². The SMILES string of the molecule is O=C(O)C1CN(C(=O)C2COCCO2)CCO1. The molecule has 0 aromatic carbocycles. The number of carboxylic acid groups (broad SMARTS) is 1. The van der Waals surface area contributed by atoms with Crippen molar-refractivity contribution in [2.75, 3.05) is 39.5 Å². The lowest BCUT2D eigenvalue weighted by Crippen LogP contribution is -2.53. The van der Waals surface area contributed by atoms with Crippen LogP contribution in [0.1, 0.15) is 0 Å². The number of carbonyl (C=O) groups is 2. The molecule has 1 N–H and O–H groups in total. The van der Waals surface area contributed by atoms with Crippen LogP contribution in [0.5, 0.6) is 0 Å². The molecule has 0 spiro atoms. The van der Waals surface area contributed by atoms with Crippen molar-refractivity contribution < 1.29 is 28.9 Å². The number of hydrogen-bond donors (Lipinski definition) is 1. The molecule has 17 heavy (non-hydrogen) atoms. The molecule has 7 heteroatoms. The number of hydrogen-bond acceptors (Lipinski definition) is 5. The Bertz CT molecular complexity index is 301. The quantitative estimate of drug-likeness (QED) is 0.652. The first kappa shape index (κ1) is 12.3. The maximum atomic E-state index is 12.0. The zero-order valence-electron chi connectivity index (χ0n) is 9.33. The summed E-state index contributed by atoms with van der Waals surface area (Å²) in [5.41, 5.74) is 0. The van der Waals surface area contributed by atoms with Crippen LogP contribution in [-0.4, -0.2) is 73.6 Å². The zero-order chi connectivity index (χ0) is 12.3. The van der Waals surface area contributed by atoms with Gasteiger partial charge in [-0.2, -0.15) is 0 Å². The first-order valence-electron chi connectivity index (χ1n) is 5.51. The molecule has 2 aliphatic heterocycles. The third kappa shape index (κ3) is 2.93. The molecule has 0 aromatic heterocycles. The minimum absolute atomic E-state index is 0.0635. The van der Waals surface area contributed by atoms with Crippen LogP contribution in [0.2, 0.25) is 0 Å². The fourth-order valence-electron chi connectivity index (χ4n) is 1.83. The van der Waals surface area contributed by atoms with E-state index in [-0.39, 0.29) is 25.7 Å². The second-order valence-electron chi connectivity index (χ2n) is 3.92. The lowest BCUT2D eigenvalue weighted by Gasteiger charge is -2.34. The highest BCUT2D eigenvalue weighted by Gasteiger charge is 2.33. The molecule has 2 unspecified atom stereocenters. The summed E-state index contributed by atoms with van der Waals surface area (Å²) in [7, 11) is 0. The van der Waals surface area contributed by atoms with E-state index in [0.29, 0.717) is 19.8 Å². The third-order valence-electron chi connectivity index (χ3n) is 2.74. The Morgan fingerprint density at radius 3 is 2.53 bits per heavy atom. The normalized spacial score (nSPS) is 30.0. The molecular formula is C10H15NO6. The van der Waals surface area contributed by atoms with Crippen molar-refractivity contribution in [3.8, 4) is 0 Å². The van der Waals surface area contributed by atoms with Gasteiger partial charge in [-0.25, -0.2) is 4.79 Å². The molecule has 1 amide bonds.